The van der Waals surface area contributed by atoms with Gasteiger partial charge in [-0.3, -0.25) is 0 Å². The molecule has 0 aromatic heterocycles. The molecule has 0 saturated carbocycles. The zero-order chi connectivity index (χ0) is 15.6. The fourth-order valence-electron chi connectivity index (χ4n) is 1.63. The van der Waals surface area contributed by atoms with Crippen LogP contribution >= 0.6 is 0 Å². The van der Waals surface area contributed by atoms with Gasteiger partial charge in [0.2, 0.25) is 10.0 Å². The lowest BCUT2D eigenvalue weighted by Gasteiger charge is -2.09. The topological polar surface area (TPSA) is 76.7 Å². The summed E-state index contributed by atoms with van der Waals surface area (Å²) in [6.07, 6.45) is 0.898. The monoisotopic (exact) mass is 316 g/mol. The average molecular weight is 316 g/mol. The van der Waals surface area contributed by atoms with Gasteiger partial charge in [-0.05, 0) is 51.2 Å². The van der Waals surface area contributed by atoms with Crippen molar-refractivity contribution in [2.75, 3.05) is 40.0 Å². The van der Waals surface area contributed by atoms with E-state index in [4.69, 9.17) is 9.47 Å². The molecule has 0 bridgehead atoms. The number of ether oxygens (including phenoxy) is 2. The molecule has 0 amide bonds. The minimum Gasteiger partial charge on any atom is -0.494 e. The van der Waals surface area contributed by atoms with Crippen molar-refractivity contribution < 1.29 is 17.9 Å². The maximum Gasteiger partial charge on any atom is 0.240 e. The summed E-state index contributed by atoms with van der Waals surface area (Å²) in [4.78, 5) is 0.224. The van der Waals surface area contributed by atoms with Crippen LogP contribution < -0.4 is 14.8 Å². The van der Waals surface area contributed by atoms with E-state index in [1.165, 1.54) is 12.1 Å². The number of sulfonamides is 1. The van der Waals surface area contributed by atoms with Crippen LogP contribution in [0.25, 0.3) is 0 Å². The molecule has 0 atom stereocenters. The van der Waals surface area contributed by atoms with E-state index in [-0.39, 0.29) is 11.4 Å². The number of hydrogen-bond acceptors (Lipinski definition) is 5. The second-order valence-corrected chi connectivity index (χ2v) is 6.14. The first kappa shape index (κ1) is 17.9. The Bertz CT molecular complexity index is 488. The number of nitrogens with one attached hydrogen (secondary N) is 2. The first-order valence-corrected chi connectivity index (χ1v) is 8.53. The van der Waals surface area contributed by atoms with Gasteiger partial charge in [0.05, 0.1) is 18.1 Å². The molecule has 1 rings (SSSR count). The molecular formula is C14H24N2O4S. The summed E-state index contributed by atoms with van der Waals surface area (Å²) in [5, 5.41) is 3.03. The molecule has 0 aliphatic carbocycles. The van der Waals surface area contributed by atoms with Crippen molar-refractivity contribution in [1.82, 2.24) is 10.0 Å². The molecule has 0 saturated heterocycles. The van der Waals surface area contributed by atoms with Gasteiger partial charge in [0, 0.05) is 13.2 Å². The first-order valence-electron chi connectivity index (χ1n) is 7.05. The maximum absolute atomic E-state index is 12.0. The van der Waals surface area contributed by atoms with Crippen molar-refractivity contribution in [3.8, 4) is 5.75 Å². The highest BCUT2D eigenvalue weighted by atomic mass is 32.2. The van der Waals surface area contributed by atoms with Gasteiger partial charge < -0.3 is 14.8 Å². The summed E-state index contributed by atoms with van der Waals surface area (Å²) in [5.41, 5.74) is 0. The van der Waals surface area contributed by atoms with Gasteiger partial charge >= 0.3 is 0 Å². The van der Waals surface area contributed by atoms with Crippen LogP contribution in [0.15, 0.2) is 29.2 Å². The number of benzene rings is 1. The van der Waals surface area contributed by atoms with E-state index < -0.39 is 10.0 Å². The molecule has 1 aromatic rings. The van der Waals surface area contributed by atoms with Crippen molar-refractivity contribution in [1.29, 1.82) is 0 Å². The summed E-state index contributed by atoms with van der Waals surface area (Å²) in [7, 11) is -1.60. The lowest BCUT2D eigenvalue weighted by atomic mass is 10.3. The van der Waals surface area contributed by atoms with Crippen molar-refractivity contribution in [2.24, 2.45) is 0 Å². The van der Waals surface area contributed by atoms with Crippen LogP contribution in [0.2, 0.25) is 0 Å². The molecule has 2 N–H and O–H groups in total. The smallest absolute Gasteiger partial charge is 0.240 e. The summed E-state index contributed by atoms with van der Waals surface area (Å²) in [6.45, 7) is 4.54. The van der Waals surface area contributed by atoms with E-state index in [0.29, 0.717) is 25.6 Å². The van der Waals surface area contributed by atoms with E-state index in [1.807, 2.05) is 14.0 Å². The zero-order valence-corrected chi connectivity index (χ0v) is 13.4. The minimum absolute atomic E-state index is 0.224. The second-order valence-electron chi connectivity index (χ2n) is 4.37. The van der Waals surface area contributed by atoms with Crippen LogP contribution in [-0.4, -0.2) is 48.4 Å². The number of rotatable bonds is 11. The van der Waals surface area contributed by atoms with Crippen molar-refractivity contribution in [3.63, 3.8) is 0 Å². The second kappa shape index (κ2) is 9.73. The summed E-state index contributed by atoms with van der Waals surface area (Å²) in [5.74, 6) is 0.666. The largest absolute Gasteiger partial charge is 0.494 e. The van der Waals surface area contributed by atoms with E-state index in [2.05, 4.69) is 10.0 Å². The van der Waals surface area contributed by atoms with Gasteiger partial charge in [0.25, 0.3) is 0 Å². The fraction of sp³-hybridized carbons (Fsp3) is 0.571. The minimum atomic E-state index is -3.48. The highest BCUT2D eigenvalue weighted by molar-refractivity contribution is 7.89. The summed E-state index contributed by atoms with van der Waals surface area (Å²) in [6, 6.07) is 6.40. The Morgan fingerprint density at radius 3 is 2.43 bits per heavy atom. The van der Waals surface area contributed by atoms with Crippen LogP contribution in [0.5, 0.6) is 5.75 Å². The Balaban J connectivity index is 2.48. The molecule has 120 valence electrons. The average Bonchev–Trinajstić information content (AvgIpc) is 2.49. The van der Waals surface area contributed by atoms with Crippen LogP contribution in [0, 0.1) is 0 Å². The van der Waals surface area contributed by atoms with Gasteiger partial charge in [0.15, 0.2) is 0 Å². The van der Waals surface area contributed by atoms with E-state index in [0.717, 1.165) is 13.0 Å². The number of hydrogen-bond donors (Lipinski definition) is 2. The van der Waals surface area contributed by atoms with Crippen molar-refractivity contribution >= 4 is 10.0 Å². The van der Waals surface area contributed by atoms with Gasteiger partial charge in [-0.25, -0.2) is 13.1 Å². The van der Waals surface area contributed by atoms with Gasteiger partial charge in [0.1, 0.15) is 5.75 Å². The Morgan fingerprint density at radius 2 is 1.81 bits per heavy atom. The van der Waals surface area contributed by atoms with Crippen LogP contribution in [0.3, 0.4) is 0 Å². The van der Waals surface area contributed by atoms with Crippen molar-refractivity contribution in [2.45, 2.75) is 18.2 Å². The van der Waals surface area contributed by atoms with E-state index in [9.17, 15) is 8.42 Å². The third kappa shape index (κ3) is 6.90. The molecule has 0 aliphatic rings. The van der Waals surface area contributed by atoms with Crippen LogP contribution in [0.4, 0.5) is 0 Å². The Kier molecular flexibility index (Phi) is 8.29. The third-order valence-corrected chi connectivity index (χ3v) is 4.19. The first-order chi connectivity index (χ1) is 10.1. The molecule has 21 heavy (non-hydrogen) atoms. The molecule has 0 heterocycles. The quantitative estimate of drug-likeness (QED) is 0.595. The molecule has 0 radical (unpaired) electrons. The molecule has 1 aromatic carbocycles. The molecule has 0 fully saturated rings. The van der Waals surface area contributed by atoms with Crippen LogP contribution in [-0.2, 0) is 14.8 Å². The van der Waals surface area contributed by atoms with Gasteiger partial charge in [-0.2, -0.15) is 0 Å². The van der Waals surface area contributed by atoms with E-state index in [1.54, 1.807) is 12.1 Å². The maximum atomic E-state index is 12.0. The lowest BCUT2D eigenvalue weighted by Crippen LogP contribution is -2.27. The lowest BCUT2D eigenvalue weighted by molar-refractivity contribution is 0.153. The molecule has 0 spiro atoms. The molecule has 7 heteroatoms. The highest BCUT2D eigenvalue weighted by Crippen LogP contribution is 2.15. The normalized spacial score (nSPS) is 11.5. The SMILES string of the molecule is CCOCCNS(=O)(=O)c1ccc(OCCCNC)cc1. The fourth-order valence-corrected chi connectivity index (χ4v) is 2.64. The van der Waals surface area contributed by atoms with E-state index >= 15 is 0 Å². The third-order valence-electron chi connectivity index (χ3n) is 2.72. The molecule has 0 unspecified atom stereocenters. The molecule has 0 aliphatic heterocycles. The standard InChI is InChI=1S/C14H24N2O4S/c1-3-19-12-10-16-21(17,18)14-7-5-13(6-8-14)20-11-4-9-15-2/h5-8,15-16H,3-4,9-12H2,1-2H3. The van der Waals surface area contributed by atoms with Crippen molar-refractivity contribution in [3.05, 3.63) is 24.3 Å². The molecular weight excluding hydrogens is 292 g/mol. The summed E-state index contributed by atoms with van der Waals surface area (Å²) < 4.78 is 37.1. The Labute approximate surface area is 126 Å². The Morgan fingerprint density at radius 1 is 1.10 bits per heavy atom. The predicted molar refractivity (Wildman–Crippen MR) is 82.2 cm³/mol. The highest BCUT2D eigenvalue weighted by Gasteiger charge is 2.13. The van der Waals surface area contributed by atoms with Crippen LogP contribution in [0.1, 0.15) is 13.3 Å². The zero-order valence-electron chi connectivity index (χ0n) is 12.6. The van der Waals surface area contributed by atoms with Gasteiger partial charge in [-0.15, -0.1) is 0 Å². The Hall–Kier alpha value is -1.15. The molecule has 6 nitrogen and oxygen atoms in total. The predicted octanol–water partition coefficient (Wildman–Crippen LogP) is 0.990. The van der Waals surface area contributed by atoms with Gasteiger partial charge in [-0.1, -0.05) is 0 Å². The summed E-state index contributed by atoms with van der Waals surface area (Å²) >= 11 is 0.